The number of hydrogen-bond acceptors (Lipinski definition) is 6. The Balaban J connectivity index is 1.37. The monoisotopic (exact) mass is 424 g/mol. The summed E-state index contributed by atoms with van der Waals surface area (Å²) in [5.74, 6) is -1.10. The molecule has 1 aliphatic rings. The number of nitrogens with zero attached hydrogens (tertiary/aromatic N) is 6. The number of anilines is 1. The quantitative estimate of drug-likeness (QED) is 0.597. The van der Waals surface area contributed by atoms with Crippen LogP contribution in [0.4, 0.5) is 23.4 Å². The van der Waals surface area contributed by atoms with Crippen molar-refractivity contribution >= 4 is 17.4 Å². The van der Waals surface area contributed by atoms with Gasteiger partial charge in [0.05, 0.1) is 0 Å². The summed E-state index contributed by atoms with van der Waals surface area (Å²) in [6, 6.07) is 8.33. The van der Waals surface area contributed by atoms with Gasteiger partial charge in [-0.05, 0) is 36.4 Å². The summed E-state index contributed by atoms with van der Waals surface area (Å²) in [6.45, 7) is 1.32. The fourth-order valence-electron chi connectivity index (χ4n) is 3.08. The molecule has 158 valence electrons. The SMILES string of the molecule is O=C(COc1ccc(F)cc1)N1CCN(c2ccc3nnc(C(F)(F)F)n3n2)CC1. The van der Waals surface area contributed by atoms with E-state index in [1.54, 1.807) is 15.9 Å². The third-order valence-corrected chi connectivity index (χ3v) is 4.63. The molecule has 8 nitrogen and oxygen atoms in total. The Morgan fingerprint density at radius 2 is 1.70 bits per heavy atom. The molecule has 3 aromatic rings. The van der Waals surface area contributed by atoms with Gasteiger partial charge in [-0.2, -0.15) is 17.7 Å². The van der Waals surface area contributed by atoms with Crippen molar-refractivity contribution in [1.29, 1.82) is 0 Å². The van der Waals surface area contributed by atoms with E-state index in [4.69, 9.17) is 4.74 Å². The van der Waals surface area contributed by atoms with E-state index in [2.05, 4.69) is 15.3 Å². The fraction of sp³-hybridized carbons (Fsp3) is 0.333. The molecule has 0 aliphatic carbocycles. The Hall–Kier alpha value is -3.44. The highest BCUT2D eigenvalue weighted by atomic mass is 19.4. The van der Waals surface area contributed by atoms with E-state index in [0.29, 0.717) is 42.3 Å². The normalized spacial score (nSPS) is 14.9. The van der Waals surface area contributed by atoms with Gasteiger partial charge in [-0.1, -0.05) is 0 Å². The molecule has 2 aromatic heterocycles. The fourth-order valence-corrected chi connectivity index (χ4v) is 3.08. The van der Waals surface area contributed by atoms with Crippen molar-refractivity contribution < 1.29 is 27.1 Å². The summed E-state index contributed by atoms with van der Waals surface area (Å²) in [5.41, 5.74) is -0.00201. The van der Waals surface area contributed by atoms with Crippen LogP contribution in [-0.4, -0.2) is 63.4 Å². The van der Waals surface area contributed by atoms with E-state index in [9.17, 15) is 22.4 Å². The molecule has 0 unspecified atom stereocenters. The number of aromatic nitrogens is 4. The summed E-state index contributed by atoms with van der Waals surface area (Å²) in [7, 11) is 0. The smallest absolute Gasteiger partial charge is 0.453 e. The number of fused-ring (bicyclic) bond motifs is 1. The molecule has 4 rings (SSSR count). The summed E-state index contributed by atoms with van der Waals surface area (Å²) in [5, 5.41) is 10.7. The second-order valence-corrected chi connectivity index (χ2v) is 6.59. The molecule has 30 heavy (non-hydrogen) atoms. The zero-order valence-electron chi connectivity index (χ0n) is 15.5. The van der Waals surface area contributed by atoms with E-state index in [0.717, 1.165) is 0 Å². The van der Waals surface area contributed by atoms with Gasteiger partial charge in [0.2, 0.25) is 0 Å². The van der Waals surface area contributed by atoms with Crippen molar-refractivity contribution in [1.82, 2.24) is 24.7 Å². The Labute approximate surface area is 167 Å². The van der Waals surface area contributed by atoms with Gasteiger partial charge >= 0.3 is 6.18 Å². The standard InChI is InChI=1S/C18H16F4N6O2/c19-12-1-3-13(4-2-12)30-11-16(29)27-9-7-26(8-10-27)15-6-5-14-23-24-17(18(20,21)22)28(14)25-15/h1-6H,7-11H2. The molecule has 1 saturated heterocycles. The molecule has 1 amide bonds. The Kier molecular flexibility index (Phi) is 5.14. The maximum absolute atomic E-state index is 13.0. The Morgan fingerprint density at radius 3 is 2.37 bits per heavy atom. The summed E-state index contributed by atoms with van der Waals surface area (Å²) in [4.78, 5) is 15.7. The van der Waals surface area contributed by atoms with E-state index in [-0.39, 0.29) is 18.2 Å². The van der Waals surface area contributed by atoms with Gasteiger partial charge in [0.25, 0.3) is 11.7 Å². The minimum Gasteiger partial charge on any atom is -0.484 e. The predicted octanol–water partition coefficient (Wildman–Crippen LogP) is 2.01. The highest BCUT2D eigenvalue weighted by molar-refractivity contribution is 5.78. The molecule has 1 aromatic carbocycles. The van der Waals surface area contributed by atoms with Crippen LogP contribution < -0.4 is 9.64 Å². The molecular formula is C18H16F4N6O2. The second kappa shape index (κ2) is 7.76. The second-order valence-electron chi connectivity index (χ2n) is 6.59. The van der Waals surface area contributed by atoms with E-state index >= 15 is 0 Å². The van der Waals surface area contributed by atoms with Crippen molar-refractivity contribution in [3.05, 3.63) is 48.0 Å². The lowest BCUT2D eigenvalue weighted by Crippen LogP contribution is -2.50. The van der Waals surface area contributed by atoms with E-state index < -0.39 is 17.8 Å². The van der Waals surface area contributed by atoms with Crippen LogP contribution >= 0.6 is 0 Å². The van der Waals surface area contributed by atoms with Gasteiger partial charge in [-0.15, -0.1) is 15.3 Å². The molecule has 1 aliphatic heterocycles. The summed E-state index contributed by atoms with van der Waals surface area (Å²) in [6.07, 6.45) is -4.67. The molecule has 0 radical (unpaired) electrons. The van der Waals surface area contributed by atoms with Crippen LogP contribution in [0.1, 0.15) is 5.82 Å². The third kappa shape index (κ3) is 4.11. The average molecular weight is 424 g/mol. The first-order valence-electron chi connectivity index (χ1n) is 9.02. The number of ether oxygens (including phenoxy) is 1. The van der Waals surface area contributed by atoms with Crippen LogP contribution in [0.15, 0.2) is 36.4 Å². The number of amides is 1. The zero-order chi connectivity index (χ0) is 21.3. The number of benzene rings is 1. The van der Waals surface area contributed by atoms with Gasteiger partial charge < -0.3 is 14.5 Å². The van der Waals surface area contributed by atoms with Crippen LogP contribution in [0, 0.1) is 5.82 Å². The van der Waals surface area contributed by atoms with Crippen molar-refractivity contribution in [3.63, 3.8) is 0 Å². The van der Waals surface area contributed by atoms with Crippen molar-refractivity contribution in [2.45, 2.75) is 6.18 Å². The highest BCUT2D eigenvalue weighted by Gasteiger charge is 2.38. The maximum atomic E-state index is 13.0. The number of carbonyl (C=O) groups is 1. The summed E-state index contributed by atoms with van der Waals surface area (Å²) < 4.78 is 58.0. The molecule has 1 fully saturated rings. The van der Waals surface area contributed by atoms with Gasteiger partial charge in [0.1, 0.15) is 17.4 Å². The first-order valence-corrected chi connectivity index (χ1v) is 9.02. The molecule has 3 heterocycles. The molecular weight excluding hydrogens is 408 g/mol. The topological polar surface area (TPSA) is 75.9 Å². The van der Waals surface area contributed by atoms with Gasteiger partial charge in [-0.3, -0.25) is 4.79 Å². The van der Waals surface area contributed by atoms with Crippen molar-refractivity contribution in [2.24, 2.45) is 0 Å². The Morgan fingerprint density at radius 1 is 1.00 bits per heavy atom. The van der Waals surface area contributed by atoms with Gasteiger partial charge in [-0.25, -0.2) is 4.39 Å². The third-order valence-electron chi connectivity index (χ3n) is 4.63. The first kappa shape index (κ1) is 19.9. The largest absolute Gasteiger partial charge is 0.484 e. The molecule has 0 N–H and O–H groups in total. The van der Waals surface area contributed by atoms with Crippen molar-refractivity contribution in [3.8, 4) is 5.75 Å². The zero-order valence-corrected chi connectivity index (χ0v) is 15.5. The van der Waals surface area contributed by atoms with Gasteiger partial charge in [0.15, 0.2) is 12.3 Å². The van der Waals surface area contributed by atoms with Crippen molar-refractivity contribution in [2.75, 3.05) is 37.7 Å². The molecule has 0 bridgehead atoms. The number of rotatable bonds is 4. The molecule has 0 atom stereocenters. The lowest BCUT2D eigenvalue weighted by molar-refractivity contribution is -0.146. The maximum Gasteiger partial charge on any atom is 0.453 e. The van der Waals surface area contributed by atoms with Crippen LogP contribution in [0.2, 0.25) is 0 Å². The minimum atomic E-state index is -4.67. The number of halogens is 4. The highest BCUT2D eigenvalue weighted by Crippen LogP contribution is 2.28. The molecule has 0 saturated carbocycles. The lowest BCUT2D eigenvalue weighted by Gasteiger charge is -2.35. The van der Waals surface area contributed by atoms with Crippen LogP contribution in [-0.2, 0) is 11.0 Å². The minimum absolute atomic E-state index is 0.00201. The van der Waals surface area contributed by atoms with Crippen LogP contribution in [0.3, 0.4) is 0 Å². The van der Waals surface area contributed by atoms with E-state index in [1.807, 2.05) is 0 Å². The van der Waals surface area contributed by atoms with Crippen LogP contribution in [0.25, 0.3) is 5.65 Å². The van der Waals surface area contributed by atoms with E-state index in [1.165, 1.54) is 30.3 Å². The number of piperazine rings is 1. The number of carbonyl (C=O) groups excluding carboxylic acids is 1. The lowest BCUT2D eigenvalue weighted by atomic mass is 10.3. The van der Waals surface area contributed by atoms with Crippen LogP contribution in [0.5, 0.6) is 5.75 Å². The first-order chi connectivity index (χ1) is 14.3. The molecule has 12 heteroatoms. The predicted molar refractivity (Wildman–Crippen MR) is 96.5 cm³/mol. The molecule has 0 spiro atoms. The number of hydrogen-bond donors (Lipinski definition) is 0. The Bertz CT molecular complexity index is 1050. The number of alkyl halides is 3. The van der Waals surface area contributed by atoms with Gasteiger partial charge in [0, 0.05) is 26.2 Å². The average Bonchev–Trinajstić information content (AvgIpc) is 3.17. The summed E-state index contributed by atoms with van der Waals surface area (Å²) >= 11 is 0.